The van der Waals surface area contributed by atoms with Crippen LogP contribution >= 0.6 is 0 Å². The number of aliphatic hydroxyl groups excluding tert-OH is 1. The van der Waals surface area contributed by atoms with Crippen molar-refractivity contribution in [3.63, 3.8) is 0 Å². The third kappa shape index (κ3) is 3.69. The molecule has 1 aliphatic heterocycles. The first kappa shape index (κ1) is 20.7. The minimum atomic E-state index is -1.06. The zero-order valence-corrected chi connectivity index (χ0v) is 17.6. The number of hydrogen-bond donors (Lipinski definition) is 2. The lowest BCUT2D eigenvalue weighted by atomic mass is 9.94. The average Bonchev–Trinajstić information content (AvgIpc) is 3.54. The number of rotatable bonds is 7. The molecule has 166 valence electrons. The predicted molar refractivity (Wildman–Crippen MR) is 117 cm³/mol. The second kappa shape index (κ2) is 8.38. The summed E-state index contributed by atoms with van der Waals surface area (Å²) in [5, 5.41) is 11.4. The van der Waals surface area contributed by atoms with E-state index < -0.39 is 29.3 Å². The Labute approximate surface area is 188 Å². The van der Waals surface area contributed by atoms with E-state index in [1.807, 2.05) is 16.8 Å². The standard InChI is InChI=1S/C25H20FN3O4/c26-18-8-3-2-7-17(18)22-21(23(30)20-14-16-6-1-4-9-19(16)33-20)24(31)25(32)29(22)12-5-11-28-13-10-27-15-28/h1-4,6-10,13-15,22H,5,11-12H2,(H,30,31)/p+1. The first-order chi connectivity index (χ1) is 16.0. The van der Waals surface area contributed by atoms with E-state index in [0.29, 0.717) is 23.9 Å². The van der Waals surface area contributed by atoms with Gasteiger partial charge in [0, 0.05) is 23.9 Å². The van der Waals surface area contributed by atoms with Crippen molar-refractivity contribution in [2.75, 3.05) is 6.54 Å². The van der Waals surface area contributed by atoms with Gasteiger partial charge < -0.3 is 14.4 Å². The molecular formula is C25H21FN3O4+. The Morgan fingerprint density at radius 2 is 1.97 bits per heavy atom. The van der Waals surface area contributed by atoms with Crippen molar-refractivity contribution in [3.8, 4) is 0 Å². The fraction of sp³-hybridized carbons (Fsp3) is 0.160. The number of benzene rings is 2. The fourth-order valence-corrected chi connectivity index (χ4v) is 4.25. The van der Waals surface area contributed by atoms with Crippen LogP contribution in [0.25, 0.3) is 11.0 Å². The number of aliphatic hydroxyl groups is 1. The van der Waals surface area contributed by atoms with Gasteiger partial charge in [-0.15, -0.1) is 0 Å². The Hall–Kier alpha value is -4.20. The summed E-state index contributed by atoms with van der Waals surface area (Å²) in [6, 6.07) is 13.6. The van der Waals surface area contributed by atoms with Gasteiger partial charge in [0.05, 0.1) is 18.2 Å². The Bertz CT molecular complexity index is 1340. The SMILES string of the molecule is O=C(C1=C(O)C(=O)N(CCC[n+]2cc[nH]c2)C1c1ccccc1F)c1cc2ccccc2o1. The van der Waals surface area contributed by atoms with Crippen molar-refractivity contribution < 1.29 is 28.1 Å². The van der Waals surface area contributed by atoms with Gasteiger partial charge in [-0.25, -0.2) is 8.96 Å². The average molecular weight is 446 g/mol. The molecule has 0 saturated heterocycles. The van der Waals surface area contributed by atoms with Crippen LogP contribution in [0.15, 0.2) is 89.1 Å². The molecular weight excluding hydrogens is 425 g/mol. The molecule has 1 unspecified atom stereocenters. The van der Waals surface area contributed by atoms with E-state index in [2.05, 4.69) is 4.98 Å². The van der Waals surface area contributed by atoms with Gasteiger partial charge in [0.2, 0.25) is 12.1 Å². The molecule has 2 aromatic carbocycles. The maximum Gasteiger partial charge on any atom is 0.290 e. The third-order valence-electron chi connectivity index (χ3n) is 5.82. The lowest BCUT2D eigenvalue weighted by Gasteiger charge is -2.26. The number of nitrogens with zero attached hydrogens (tertiary/aromatic N) is 2. The van der Waals surface area contributed by atoms with E-state index in [9.17, 15) is 19.1 Å². The van der Waals surface area contributed by atoms with Gasteiger partial charge in [0.1, 0.15) is 23.8 Å². The molecule has 33 heavy (non-hydrogen) atoms. The Morgan fingerprint density at radius 3 is 2.73 bits per heavy atom. The minimum absolute atomic E-state index is 0.0170. The number of aryl methyl sites for hydroxylation is 1. The third-order valence-corrected chi connectivity index (χ3v) is 5.82. The predicted octanol–water partition coefficient (Wildman–Crippen LogP) is 3.86. The van der Waals surface area contributed by atoms with Gasteiger partial charge in [0.25, 0.3) is 5.91 Å². The Morgan fingerprint density at radius 1 is 1.18 bits per heavy atom. The summed E-state index contributed by atoms with van der Waals surface area (Å²) in [5.74, 6) is -2.61. The Balaban J connectivity index is 1.52. The molecule has 0 radical (unpaired) electrons. The summed E-state index contributed by atoms with van der Waals surface area (Å²) in [6.45, 7) is 0.821. The zero-order chi connectivity index (χ0) is 22.9. The lowest BCUT2D eigenvalue weighted by Crippen LogP contribution is -2.36. The molecule has 8 heteroatoms. The summed E-state index contributed by atoms with van der Waals surface area (Å²) in [5.41, 5.74) is 0.468. The van der Waals surface area contributed by atoms with Crippen molar-refractivity contribution in [1.82, 2.24) is 9.88 Å². The van der Waals surface area contributed by atoms with Crippen LogP contribution < -0.4 is 4.57 Å². The van der Waals surface area contributed by atoms with Crippen LogP contribution in [0.5, 0.6) is 0 Å². The van der Waals surface area contributed by atoms with Gasteiger partial charge in [-0.3, -0.25) is 14.6 Å². The number of amides is 1. The highest BCUT2D eigenvalue weighted by Crippen LogP contribution is 2.40. The molecule has 1 amide bonds. The van der Waals surface area contributed by atoms with Crippen molar-refractivity contribution in [3.05, 3.63) is 102 Å². The smallest absolute Gasteiger partial charge is 0.290 e. The fourth-order valence-electron chi connectivity index (χ4n) is 4.25. The number of fused-ring (bicyclic) bond motifs is 1. The molecule has 0 aliphatic carbocycles. The van der Waals surface area contributed by atoms with Crippen LogP contribution in [-0.2, 0) is 11.3 Å². The summed E-state index contributed by atoms with van der Waals surface area (Å²) >= 11 is 0. The molecule has 4 aromatic rings. The van der Waals surface area contributed by atoms with E-state index in [1.165, 1.54) is 23.1 Å². The maximum atomic E-state index is 14.8. The number of imidazole rings is 1. The largest absolute Gasteiger partial charge is 0.503 e. The Kier molecular flexibility index (Phi) is 5.26. The van der Waals surface area contributed by atoms with Crippen molar-refractivity contribution in [1.29, 1.82) is 0 Å². The first-order valence-electron chi connectivity index (χ1n) is 10.6. The van der Waals surface area contributed by atoms with Crippen LogP contribution in [0.4, 0.5) is 4.39 Å². The number of aromatic amines is 1. The van der Waals surface area contributed by atoms with Crippen LogP contribution in [0, 0.1) is 5.82 Å². The van der Waals surface area contributed by atoms with Gasteiger partial charge in [-0.2, -0.15) is 0 Å². The van der Waals surface area contributed by atoms with Gasteiger partial charge in [-0.05, 0) is 18.2 Å². The van der Waals surface area contributed by atoms with E-state index in [4.69, 9.17) is 4.42 Å². The second-order valence-corrected chi connectivity index (χ2v) is 7.87. The number of Topliss-reactive ketones (excluding diaryl/α,β-unsaturated/α-hetero) is 1. The molecule has 2 aromatic heterocycles. The highest BCUT2D eigenvalue weighted by molar-refractivity contribution is 6.16. The normalized spacial score (nSPS) is 16.2. The van der Waals surface area contributed by atoms with E-state index in [0.717, 1.165) is 0 Å². The summed E-state index contributed by atoms with van der Waals surface area (Å²) in [4.78, 5) is 30.8. The highest BCUT2D eigenvalue weighted by Gasteiger charge is 2.45. The molecule has 0 spiro atoms. The van der Waals surface area contributed by atoms with Gasteiger partial charge >= 0.3 is 0 Å². The molecule has 7 nitrogen and oxygen atoms in total. The van der Waals surface area contributed by atoms with Crippen LogP contribution in [0.2, 0.25) is 0 Å². The number of furan rings is 1. The molecule has 0 bridgehead atoms. The number of aromatic nitrogens is 2. The zero-order valence-electron chi connectivity index (χ0n) is 17.6. The van der Waals surface area contributed by atoms with Gasteiger partial charge in [-0.1, -0.05) is 36.4 Å². The molecule has 0 fully saturated rings. The first-order valence-corrected chi connectivity index (χ1v) is 10.6. The molecule has 1 aliphatic rings. The van der Waals surface area contributed by atoms with Crippen molar-refractivity contribution in [2.24, 2.45) is 0 Å². The van der Waals surface area contributed by atoms with Crippen molar-refractivity contribution in [2.45, 2.75) is 19.0 Å². The summed E-state index contributed by atoms with van der Waals surface area (Å²) in [7, 11) is 0. The molecule has 3 heterocycles. The number of halogens is 1. The highest BCUT2D eigenvalue weighted by atomic mass is 19.1. The number of nitrogens with one attached hydrogen (secondary N) is 1. The number of H-pyrrole nitrogens is 1. The lowest BCUT2D eigenvalue weighted by molar-refractivity contribution is -0.695. The quantitative estimate of drug-likeness (QED) is 0.333. The van der Waals surface area contributed by atoms with E-state index in [-0.39, 0.29) is 23.4 Å². The monoisotopic (exact) mass is 446 g/mol. The van der Waals surface area contributed by atoms with Crippen LogP contribution in [-0.4, -0.2) is 33.2 Å². The van der Waals surface area contributed by atoms with E-state index >= 15 is 0 Å². The number of ketones is 1. The molecule has 2 N–H and O–H groups in total. The number of para-hydroxylation sites is 1. The molecule has 0 saturated carbocycles. The summed E-state index contributed by atoms with van der Waals surface area (Å²) in [6.07, 6.45) is 5.96. The number of carbonyl (C=O) groups is 2. The maximum absolute atomic E-state index is 14.8. The van der Waals surface area contributed by atoms with Crippen LogP contribution in [0.3, 0.4) is 0 Å². The van der Waals surface area contributed by atoms with Crippen molar-refractivity contribution >= 4 is 22.7 Å². The summed E-state index contributed by atoms with van der Waals surface area (Å²) < 4.78 is 22.4. The number of hydrogen-bond acceptors (Lipinski definition) is 4. The molecule has 1 atom stereocenters. The van der Waals surface area contributed by atoms with Crippen LogP contribution in [0.1, 0.15) is 28.6 Å². The van der Waals surface area contributed by atoms with Gasteiger partial charge in [0.15, 0.2) is 11.5 Å². The van der Waals surface area contributed by atoms with E-state index in [1.54, 1.807) is 42.9 Å². The topological polar surface area (TPSA) is 90.4 Å². The second-order valence-electron chi connectivity index (χ2n) is 7.87. The minimum Gasteiger partial charge on any atom is -0.503 e. The molecule has 5 rings (SSSR count). The number of carbonyl (C=O) groups excluding carboxylic acids is 2.